The quantitative estimate of drug-likeness (QED) is 0.878. The number of carbonyl (C=O) groups excluding carboxylic acids is 1. The minimum atomic E-state index is 0.174. The van der Waals surface area contributed by atoms with Gasteiger partial charge in [-0.05, 0) is 49.9 Å². The van der Waals surface area contributed by atoms with Gasteiger partial charge in [0.05, 0.1) is 7.11 Å². The van der Waals surface area contributed by atoms with Crippen molar-refractivity contribution >= 4 is 5.91 Å². The van der Waals surface area contributed by atoms with Gasteiger partial charge in [0.15, 0.2) is 0 Å². The minimum absolute atomic E-state index is 0.174. The van der Waals surface area contributed by atoms with E-state index in [4.69, 9.17) is 4.74 Å². The Morgan fingerprint density at radius 3 is 2.95 bits per heavy atom. The zero-order valence-electron chi connectivity index (χ0n) is 14.0. The molecule has 1 heterocycles. The fourth-order valence-electron chi connectivity index (χ4n) is 3.32. The van der Waals surface area contributed by atoms with Crippen LogP contribution in [0.15, 0.2) is 24.3 Å². The van der Waals surface area contributed by atoms with Crippen LogP contribution in [0.5, 0.6) is 5.75 Å². The molecule has 1 aromatic rings. The Bertz CT molecular complexity index is 488. The van der Waals surface area contributed by atoms with Crippen molar-refractivity contribution in [2.45, 2.75) is 32.1 Å². The summed E-state index contributed by atoms with van der Waals surface area (Å²) in [5.41, 5.74) is 1.11. The summed E-state index contributed by atoms with van der Waals surface area (Å²) in [4.78, 5) is 14.6. The van der Waals surface area contributed by atoms with Crippen LogP contribution in [-0.2, 0) is 4.79 Å². The number of para-hydroxylation sites is 1. The molecule has 1 aliphatic heterocycles. The van der Waals surface area contributed by atoms with Gasteiger partial charge < -0.3 is 15.0 Å². The molecule has 1 aromatic carbocycles. The van der Waals surface area contributed by atoms with E-state index >= 15 is 0 Å². The molecule has 1 aliphatic rings. The number of piperidine rings is 1. The number of hydrogen-bond donors (Lipinski definition) is 1. The van der Waals surface area contributed by atoms with Gasteiger partial charge in [0, 0.05) is 19.5 Å². The summed E-state index contributed by atoms with van der Waals surface area (Å²) >= 11 is 0. The molecule has 0 saturated carbocycles. The molecule has 2 rings (SSSR count). The molecular formula is C18H28N2O2. The molecule has 0 aromatic heterocycles. The molecule has 122 valence electrons. The van der Waals surface area contributed by atoms with Crippen LogP contribution in [0, 0.1) is 5.92 Å². The first-order valence-electron chi connectivity index (χ1n) is 8.21. The van der Waals surface area contributed by atoms with Crippen LogP contribution in [0.3, 0.4) is 0 Å². The van der Waals surface area contributed by atoms with Crippen LogP contribution < -0.4 is 10.1 Å². The van der Waals surface area contributed by atoms with Crippen molar-refractivity contribution in [3.05, 3.63) is 29.8 Å². The summed E-state index contributed by atoms with van der Waals surface area (Å²) in [6.07, 6.45) is 2.88. The molecule has 4 nitrogen and oxygen atoms in total. The smallest absolute Gasteiger partial charge is 0.223 e. The third-order valence-electron chi connectivity index (χ3n) is 4.52. The van der Waals surface area contributed by atoms with Crippen molar-refractivity contribution in [2.75, 3.05) is 33.8 Å². The standard InChI is InChI=1S/C18H28N2O2/c1-14(16-8-4-5-9-17(16)22-3)11-18(21)20-10-6-7-15(13-20)12-19-2/h4-5,8-9,14-15,19H,6-7,10-13H2,1-3H3. The van der Waals surface area contributed by atoms with Crippen molar-refractivity contribution in [1.82, 2.24) is 10.2 Å². The lowest BCUT2D eigenvalue weighted by Gasteiger charge is -2.33. The maximum Gasteiger partial charge on any atom is 0.223 e. The Morgan fingerprint density at radius 1 is 1.45 bits per heavy atom. The molecule has 4 heteroatoms. The van der Waals surface area contributed by atoms with E-state index in [-0.39, 0.29) is 11.8 Å². The average Bonchev–Trinajstić information content (AvgIpc) is 2.55. The highest BCUT2D eigenvalue weighted by atomic mass is 16.5. The first kappa shape index (κ1) is 16.8. The highest BCUT2D eigenvalue weighted by Crippen LogP contribution is 2.29. The highest BCUT2D eigenvalue weighted by Gasteiger charge is 2.25. The van der Waals surface area contributed by atoms with Gasteiger partial charge in [0.1, 0.15) is 5.75 Å². The number of rotatable bonds is 6. The van der Waals surface area contributed by atoms with Crippen molar-refractivity contribution < 1.29 is 9.53 Å². The monoisotopic (exact) mass is 304 g/mol. The first-order chi connectivity index (χ1) is 10.7. The molecule has 2 atom stereocenters. The summed E-state index contributed by atoms with van der Waals surface area (Å²) < 4.78 is 5.41. The summed E-state index contributed by atoms with van der Waals surface area (Å²) in [5.74, 6) is 1.89. The second kappa shape index (κ2) is 8.18. The molecule has 0 aliphatic carbocycles. The lowest BCUT2D eigenvalue weighted by atomic mass is 9.94. The van der Waals surface area contributed by atoms with Crippen LogP contribution in [0.1, 0.15) is 37.7 Å². The van der Waals surface area contributed by atoms with Gasteiger partial charge in [-0.2, -0.15) is 0 Å². The predicted octanol–water partition coefficient (Wildman–Crippen LogP) is 2.65. The Balaban J connectivity index is 1.96. The normalized spacial score (nSPS) is 19.8. The van der Waals surface area contributed by atoms with Gasteiger partial charge in [-0.25, -0.2) is 0 Å². The molecule has 22 heavy (non-hydrogen) atoms. The van der Waals surface area contributed by atoms with Gasteiger partial charge in [0.25, 0.3) is 0 Å². The number of nitrogens with zero attached hydrogens (tertiary/aromatic N) is 1. The third-order valence-corrected chi connectivity index (χ3v) is 4.52. The van der Waals surface area contributed by atoms with E-state index in [0.29, 0.717) is 12.3 Å². The predicted molar refractivity (Wildman–Crippen MR) is 89.3 cm³/mol. The van der Waals surface area contributed by atoms with Crippen LogP contribution in [0.4, 0.5) is 0 Å². The number of amides is 1. The number of nitrogens with one attached hydrogen (secondary N) is 1. The zero-order valence-corrected chi connectivity index (χ0v) is 14.0. The maximum absolute atomic E-state index is 12.6. The zero-order chi connectivity index (χ0) is 15.9. The van der Waals surface area contributed by atoms with E-state index < -0.39 is 0 Å². The summed E-state index contributed by atoms with van der Waals surface area (Å²) in [7, 11) is 3.66. The Labute approximate surface area is 133 Å². The van der Waals surface area contributed by atoms with Crippen LogP contribution in [0.25, 0.3) is 0 Å². The SMILES string of the molecule is CNCC1CCCN(C(=O)CC(C)c2ccccc2OC)C1. The molecule has 0 spiro atoms. The molecule has 2 unspecified atom stereocenters. The minimum Gasteiger partial charge on any atom is -0.496 e. The second-order valence-electron chi connectivity index (χ2n) is 6.25. The Kier molecular flexibility index (Phi) is 6.25. The second-order valence-corrected chi connectivity index (χ2v) is 6.25. The van der Waals surface area contributed by atoms with Gasteiger partial charge >= 0.3 is 0 Å². The maximum atomic E-state index is 12.6. The van der Waals surface area contributed by atoms with Gasteiger partial charge in [-0.15, -0.1) is 0 Å². The molecule has 1 saturated heterocycles. The number of carbonyl (C=O) groups is 1. The highest BCUT2D eigenvalue weighted by molar-refractivity contribution is 5.77. The van der Waals surface area contributed by atoms with Crippen molar-refractivity contribution in [2.24, 2.45) is 5.92 Å². The number of ether oxygens (including phenoxy) is 1. The summed E-state index contributed by atoms with van der Waals surface area (Å²) in [6.45, 7) is 4.88. The van der Waals surface area contributed by atoms with Crippen LogP contribution in [0.2, 0.25) is 0 Å². The topological polar surface area (TPSA) is 41.6 Å². The molecule has 0 bridgehead atoms. The number of benzene rings is 1. The van der Waals surface area contributed by atoms with Gasteiger partial charge in [-0.3, -0.25) is 4.79 Å². The number of methoxy groups -OCH3 is 1. The van der Waals surface area contributed by atoms with Crippen LogP contribution in [-0.4, -0.2) is 44.6 Å². The van der Waals surface area contributed by atoms with Gasteiger partial charge in [-0.1, -0.05) is 25.1 Å². The van der Waals surface area contributed by atoms with E-state index in [1.165, 1.54) is 6.42 Å². The number of likely N-dealkylation sites (tertiary alicyclic amines) is 1. The van der Waals surface area contributed by atoms with E-state index in [2.05, 4.69) is 18.3 Å². The van der Waals surface area contributed by atoms with Crippen molar-refractivity contribution in [1.29, 1.82) is 0 Å². The van der Waals surface area contributed by atoms with E-state index in [1.54, 1.807) is 7.11 Å². The number of hydrogen-bond acceptors (Lipinski definition) is 3. The molecule has 1 amide bonds. The Hall–Kier alpha value is -1.55. The van der Waals surface area contributed by atoms with Crippen LogP contribution >= 0.6 is 0 Å². The summed E-state index contributed by atoms with van der Waals surface area (Å²) in [6, 6.07) is 7.98. The van der Waals surface area contributed by atoms with Crippen molar-refractivity contribution in [3.63, 3.8) is 0 Å². The lowest BCUT2D eigenvalue weighted by molar-refractivity contribution is -0.133. The molecule has 1 fully saturated rings. The fourth-order valence-corrected chi connectivity index (χ4v) is 3.32. The third kappa shape index (κ3) is 4.23. The molecular weight excluding hydrogens is 276 g/mol. The first-order valence-corrected chi connectivity index (χ1v) is 8.21. The van der Waals surface area contributed by atoms with Gasteiger partial charge in [0.2, 0.25) is 5.91 Å². The van der Waals surface area contributed by atoms with E-state index in [9.17, 15) is 4.79 Å². The average molecular weight is 304 g/mol. The van der Waals surface area contributed by atoms with E-state index in [1.807, 2.05) is 30.1 Å². The largest absolute Gasteiger partial charge is 0.496 e. The molecule has 0 radical (unpaired) electrons. The summed E-state index contributed by atoms with van der Waals surface area (Å²) in [5, 5.41) is 3.22. The van der Waals surface area contributed by atoms with Crippen molar-refractivity contribution in [3.8, 4) is 5.75 Å². The lowest BCUT2D eigenvalue weighted by Crippen LogP contribution is -2.42. The Morgan fingerprint density at radius 2 is 2.23 bits per heavy atom. The van der Waals surface area contributed by atoms with E-state index in [0.717, 1.165) is 37.4 Å². The molecule has 1 N–H and O–H groups in total. The fraction of sp³-hybridized carbons (Fsp3) is 0.611.